The highest BCUT2D eigenvalue weighted by molar-refractivity contribution is 7.10. The van der Waals surface area contributed by atoms with Crippen molar-refractivity contribution in [3.8, 4) is 0 Å². The van der Waals surface area contributed by atoms with E-state index in [1.165, 1.54) is 10.9 Å². The Bertz CT molecular complexity index is 1370. The van der Waals surface area contributed by atoms with Crippen LogP contribution in [0, 0.1) is 12.7 Å². The molecule has 196 valence electrons. The number of amides is 1. The van der Waals surface area contributed by atoms with Gasteiger partial charge in [0, 0.05) is 53.2 Å². The zero-order valence-corrected chi connectivity index (χ0v) is 22.3. The second-order valence-corrected chi connectivity index (χ2v) is 10.5. The van der Waals surface area contributed by atoms with Gasteiger partial charge < -0.3 is 20.9 Å². The van der Waals surface area contributed by atoms with Gasteiger partial charge in [-0.15, -0.1) is 11.3 Å². The van der Waals surface area contributed by atoms with Crippen LogP contribution in [-0.2, 0) is 0 Å². The third-order valence-corrected chi connectivity index (χ3v) is 7.77. The van der Waals surface area contributed by atoms with Crippen LogP contribution in [0.15, 0.2) is 72.2 Å². The standard InChI is InChI=1S/C29H31FN6OS/c1-19-18-24(9-10-25(19)30)33-27-11-14-31-29(35-27)34-22-7-5-21(6-8-22)28(37)36-15-12-23(13-16-36)32-20(2)26-4-3-17-38-26/h3-11,14,17-18,20,23,32H,12-13,15-16H2,1-2H3,(H2,31,33,34,35). The van der Waals surface area contributed by atoms with Crippen LogP contribution in [0.4, 0.5) is 27.5 Å². The molecule has 2 aromatic heterocycles. The minimum Gasteiger partial charge on any atom is -0.340 e. The number of anilines is 4. The molecule has 0 aliphatic carbocycles. The summed E-state index contributed by atoms with van der Waals surface area (Å²) in [4.78, 5) is 25.1. The second-order valence-electron chi connectivity index (χ2n) is 9.53. The molecule has 9 heteroatoms. The molecule has 1 atom stereocenters. The number of aryl methyl sites for hydroxylation is 1. The summed E-state index contributed by atoms with van der Waals surface area (Å²) in [6.07, 6.45) is 3.53. The van der Waals surface area contributed by atoms with E-state index in [-0.39, 0.29) is 11.7 Å². The van der Waals surface area contributed by atoms with Gasteiger partial charge in [-0.1, -0.05) is 6.07 Å². The lowest BCUT2D eigenvalue weighted by Gasteiger charge is -2.34. The number of hydrogen-bond donors (Lipinski definition) is 3. The zero-order chi connectivity index (χ0) is 26.5. The van der Waals surface area contributed by atoms with Gasteiger partial charge in [0.1, 0.15) is 11.6 Å². The third kappa shape index (κ3) is 6.35. The summed E-state index contributed by atoms with van der Waals surface area (Å²) in [7, 11) is 0. The summed E-state index contributed by atoms with van der Waals surface area (Å²) in [5.41, 5.74) is 2.74. The number of likely N-dealkylation sites (tertiary alicyclic amines) is 1. The van der Waals surface area contributed by atoms with Crippen LogP contribution in [0.2, 0.25) is 0 Å². The maximum Gasteiger partial charge on any atom is 0.253 e. The lowest BCUT2D eigenvalue weighted by molar-refractivity contribution is 0.0702. The van der Waals surface area contributed by atoms with Crippen molar-refractivity contribution in [2.24, 2.45) is 0 Å². The summed E-state index contributed by atoms with van der Waals surface area (Å²) >= 11 is 1.77. The van der Waals surface area contributed by atoms with Gasteiger partial charge in [-0.25, -0.2) is 9.37 Å². The molecule has 1 fully saturated rings. The van der Waals surface area contributed by atoms with E-state index in [2.05, 4.69) is 50.4 Å². The van der Waals surface area contributed by atoms with Crippen molar-refractivity contribution in [2.45, 2.75) is 38.8 Å². The van der Waals surface area contributed by atoms with E-state index in [1.54, 1.807) is 42.7 Å². The Balaban J connectivity index is 1.14. The van der Waals surface area contributed by atoms with Gasteiger partial charge in [0.25, 0.3) is 5.91 Å². The van der Waals surface area contributed by atoms with Crippen LogP contribution >= 0.6 is 11.3 Å². The number of nitrogens with one attached hydrogen (secondary N) is 3. The molecule has 1 amide bonds. The minimum atomic E-state index is -0.247. The number of nitrogens with zero attached hydrogens (tertiary/aromatic N) is 3. The smallest absolute Gasteiger partial charge is 0.253 e. The van der Waals surface area contributed by atoms with E-state index >= 15 is 0 Å². The Hall–Kier alpha value is -3.82. The molecule has 0 spiro atoms. The van der Waals surface area contributed by atoms with Crippen molar-refractivity contribution in [3.05, 3.63) is 94.1 Å². The molecule has 0 saturated carbocycles. The minimum absolute atomic E-state index is 0.0540. The van der Waals surface area contributed by atoms with Crippen molar-refractivity contribution in [1.29, 1.82) is 0 Å². The molecule has 3 N–H and O–H groups in total. The fourth-order valence-corrected chi connectivity index (χ4v) is 5.33. The molecular formula is C29H31FN6OS. The summed E-state index contributed by atoms with van der Waals surface area (Å²) in [5, 5.41) is 12.2. The molecule has 3 heterocycles. The fourth-order valence-electron chi connectivity index (χ4n) is 4.59. The SMILES string of the molecule is Cc1cc(Nc2ccnc(Nc3ccc(C(=O)N4CCC(NC(C)c5cccs5)CC4)cc3)n2)ccc1F. The first-order valence-electron chi connectivity index (χ1n) is 12.8. The summed E-state index contributed by atoms with van der Waals surface area (Å²) in [6, 6.07) is 18.9. The maximum atomic E-state index is 13.5. The third-order valence-electron chi connectivity index (χ3n) is 6.71. The van der Waals surface area contributed by atoms with Gasteiger partial charge >= 0.3 is 0 Å². The van der Waals surface area contributed by atoms with Crippen molar-refractivity contribution in [3.63, 3.8) is 0 Å². The van der Waals surface area contributed by atoms with E-state index in [0.717, 1.165) is 37.3 Å². The van der Waals surface area contributed by atoms with Gasteiger partial charge in [0.2, 0.25) is 5.95 Å². The normalized spacial score (nSPS) is 14.8. The maximum absolute atomic E-state index is 13.5. The van der Waals surface area contributed by atoms with E-state index in [0.29, 0.717) is 35.0 Å². The fraction of sp³-hybridized carbons (Fsp3) is 0.276. The Morgan fingerprint density at radius 2 is 1.82 bits per heavy atom. The predicted molar refractivity (Wildman–Crippen MR) is 151 cm³/mol. The average molecular weight is 531 g/mol. The predicted octanol–water partition coefficient (Wildman–Crippen LogP) is 6.43. The average Bonchev–Trinajstić information content (AvgIpc) is 3.47. The molecule has 0 bridgehead atoms. The van der Waals surface area contributed by atoms with Gasteiger partial charge in [-0.3, -0.25) is 4.79 Å². The van der Waals surface area contributed by atoms with Crippen molar-refractivity contribution in [1.82, 2.24) is 20.2 Å². The van der Waals surface area contributed by atoms with Crippen molar-refractivity contribution < 1.29 is 9.18 Å². The molecule has 1 unspecified atom stereocenters. The quantitative estimate of drug-likeness (QED) is 0.244. The number of halogens is 1. The number of rotatable bonds is 8. The number of carbonyl (C=O) groups excluding carboxylic acids is 1. The molecule has 5 rings (SSSR count). The number of benzene rings is 2. The summed E-state index contributed by atoms with van der Waals surface area (Å²) in [5.74, 6) is 0.809. The number of aromatic nitrogens is 2. The second kappa shape index (κ2) is 11.7. The molecule has 2 aromatic carbocycles. The molecular weight excluding hydrogens is 499 g/mol. The first-order chi connectivity index (χ1) is 18.4. The number of carbonyl (C=O) groups is 1. The molecule has 1 aliphatic heterocycles. The van der Waals surface area contributed by atoms with Gasteiger partial charge in [-0.05, 0) is 92.2 Å². The van der Waals surface area contributed by atoms with Crippen LogP contribution in [0.25, 0.3) is 0 Å². The Kier molecular flexibility index (Phi) is 7.95. The Morgan fingerprint density at radius 1 is 1.05 bits per heavy atom. The Morgan fingerprint density at radius 3 is 2.53 bits per heavy atom. The highest BCUT2D eigenvalue weighted by atomic mass is 32.1. The first kappa shape index (κ1) is 25.8. The zero-order valence-electron chi connectivity index (χ0n) is 21.4. The van der Waals surface area contributed by atoms with Gasteiger partial charge in [0.05, 0.1) is 0 Å². The van der Waals surface area contributed by atoms with E-state index in [9.17, 15) is 9.18 Å². The lowest BCUT2D eigenvalue weighted by atomic mass is 10.0. The largest absolute Gasteiger partial charge is 0.340 e. The molecule has 4 aromatic rings. The van der Waals surface area contributed by atoms with Crippen LogP contribution in [0.5, 0.6) is 0 Å². The molecule has 38 heavy (non-hydrogen) atoms. The van der Waals surface area contributed by atoms with E-state index in [4.69, 9.17) is 0 Å². The van der Waals surface area contributed by atoms with E-state index < -0.39 is 0 Å². The first-order valence-corrected chi connectivity index (χ1v) is 13.6. The summed E-state index contributed by atoms with van der Waals surface area (Å²) in [6.45, 7) is 5.40. The topological polar surface area (TPSA) is 82.2 Å². The molecule has 0 radical (unpaired) electrons. The van der Waals surface area contributed by atoms with Gasteiger partial charge in [0.15, 0.2) is 0 Å². The highest BCUT2D eigenvalue weighted by Crippen LogP contribution is 2.23. The number of thiophene rings is 1. The van der Waals surface area contributed by atoms with Crippen LogP contribution < -0.4 is 16.0 Å². The van der Waals surface area contributed by atoms with Crippen LogP contribution in [-0.4, -0.2) is 39.9 Å². The van der Waals surface area contributed by atoms with E-state index in [1.807, 2.05) is 29.2 Å². The van der Waals surface area contributed by atoms with Crippen molar-refractivity contribution >= 4 is 40.4 Å². The molecule has 1 aliphatic rings. The van der Waals surface area contributed by atoms with Crippen molar-refractivity contribution in [2.75, 3.05) is 23.7 Å². The van der Waals surface area contributed by atoms with Gasteiger partial charge in [-0.2, -0.15) is 4.98 Å². The number of piperidine rings is 1. The summed E-state index contributed by atoms with van der Waals surface area (Å²) < 4.78 is 13.5. The molecule has 1 saturated heterocycles. The monoisotopic (exact) mass is 530 g/mol. The lowest BCUT2D eigenvalue weighted by Crippen LogP contribution is -2.45. The number of hydrogen-bond acceptors (Lipinski definition) is 7. The van der Waals surface area contributed by atoms with Crippen LogP contribution in [0.3, 0.4) is 0 Å². The Labute approximate surface area is 226 Å². The van der Waals surface area contributed by atoms with Crippen LogP contribution in [0.1, 0.15) is 46.6 Å². The highest BCUT2D eigenvalue weighted by Gasteiger charge is 2.24. The molecule has 7 nitrogen and oxygen atoms in total.